The van der Waals surface area contributed by atoms with Gasteiger partial charge in [0, 0.05) is 0 Å². The van der Waals surface area contributed by atoms with Gasteiger partial charge in [0.05, 0.1) is 17.2 Å². The van der Waals surface area contributed by atoms with E-state index in [1.54, 1.807) is 26.0 Å². The Morgan fingerprint density at radius 2 is 1.82 bits per heavy atom. The number of nitrogens with zero attached hydrogens (tertiary/aromatic N) is 1. The molecule has 0 spiro atoms. The smallest absolute Gasteiger partial charge is 0.253 e. The maximum absolute atomic E-state index is 11.9. The molecule has 2 amide bonds. The van der Waals surface area contributed by atoms with Crippen LogP contribution in [0.5, 0.6) is 0 Å². The molecule has 0 saturated heterocycles. The molecule has 1 aromatic rings. The number of rotatable bonds is 3. The molecule has 0 heterocycles. The molecule has 88 valence electrons. The van der Waals surface area contributed by atoms with Gasteiger partial charge in [0.1, 0.15) is 5.54 Å². The number of nitrogens with two attached hydrogens (primary N) is 1. The Labute approximate surface area is 99.2 Å². The van der Waals surface area contributed by atoms with Gasteiger partial charge >= 0.3 is 0 Å². The van der Waals surface area contributed by atoms with Crippen LogP contribution in [0.2, 0.25) is 0 Å². The number of amides is 2. The molecular formula is C12H13N3O2. The van der Waals surface area contributed by atoms with Gasteiger partial charge in [0.15, 0.2) is 0 Å². The maximum Gasteiger partial charge on any atom is 0.253 e. The van der Waals surface area contributed by atoms with Crippen molar-refractivity contribution < 1.29 is 9.59 Å². The second-order valence-corrected chi connectivity index (χ2v) is 4.10. The monoisotopic (exact) mass is 231 g/mol. The molecule has 3 N–H and O–H groups in total. The fraction of sp³-hybridized carbons (Fsp3) is 0.250. The van der Waals surface area contributed by atoms with Gasteiger partial charge in [-0.2, -0.15) is 5.26 Å². The third kappa shape index (κ3) is 3.05. The van der Waals surface area contributed by atoms with Crippen LogP contribution in [0, 0.1) is 11.3 Å². The Bertz CT molecular complexity index is 501. The number of carbonyl (C=O) groups is 2. The fourth-order valence-electron chi connectivity index (χ4n) is 1.28. The molecule has 0 saturated carbocycles. The molecule has 0 unspecified atom stereocenters. The van der Waals surface area contributed by atoms with E-state index in [1.165, 1.54) is 12.1 Å². The standard InChI is InChI=1S/C12H13N3O2/c1-12(2,7-13)15-11(17)9-6-4-3-5-8(9)10(14)16/h3-6H,1-2H3,(H2,14,16)(H,15,17). The van der Waals surface area contributed by atoms with Crippen molar-refractivity contribution in [3.8, 4) is 6.07 Å². The Morgan fingerprint density at radius 3 is 2.29 bits per heavy atom. The maximum atomic E-state index is 11.9. The molecule has 5 nitrogen and oxygen atoms in total. The first-order valence-electron chi connectivity index (χ1n) is 5.00. The average Bonchev–Trinajstić information content (AvgIpc) is 2.28. The third-order valence-electron chi connectivity index (χ3n) is 2.14. The Kier molecular flexibility index (Phi) is 3.49. The van der Waals surface area contributed by atoms with Crippen LogP contribution in [0.15, 0.2) is 24.3 Å². The average molecular weight is 231 g/mol. The molecular weight excluding hydrogens is 218 g/mol. The van der Waals surface area contributed by atoms with Gasteiger partial charge in [-0.15, -0.1) is 0 Å². The lowest BCUT2D eigenvalue weighted by molar-refractivity contribution is 0.0915. The zero-order chi connectivity index (χ0) is 13.1. The molecule has 5 heteroatoms. The number of hydrogen-bond acceptors (Lipinski definition) is 3. The molecule has 0 aromatic heterocycles. The second-order valence-electron chi connectivity index (χ2n) is 4.10. The molecule has 0 atom stereocenters. The molecule has 1 aromatic carbocycles. The first-order valence-corrected chi connectivity index (χ1v) is 5.00. The molecule has 0 bridgehead atoms. The van der Waals surface area contributed by atoms with Crippen molar-refractivity contribution in [1.82, 2.24) is 5.32 Å². The van der Waals surface area contributed by atoms with E-state index >= 15 is 0 Å². The highest BCUT2D eigenvalue weighted by molar-refractivity contribution is 6.06. The number of carbonyl (C=O) groups excluding carboxylic acids is 2. The Hall–Kier alpha value is -2.35. The van der Waals surface area contributed by atoms with Gasteiger partial charge in [-0.1, -0.05) is 12.1 Å². The fourth-order valence-corrected chi connectivity index (χ4v) is 1.28. The number of nitriles is 1. The van der Waals surface area contributed by atoms with E-state index in [9.17, 15) is 9.59 Å². The lowest BCUT2D eigenvalue weighted by atomic mass is 10.0. The first-order chi connectivity index (χ1) is 7.87. The largest absolute Gasteiger partial charge is 0.366 e. The van der Waals surface area contributed by atoms with E-state index < -0.39 is 17.4 Å². The van der Waals surface area contributed by atoms with Crippen LogP contribution in [0.1, 0.15) is 34.6 Å². The van der Waals surface area contributed by atoms with Crippen LogP contribution in [0.3, 0.4) is 0 Å². The summed E-state index contributed by atoms with van der Waals surface area (Å²) in [6.45, 7) is 3.13. The zero-order valence-corrected chi connectivity index (χ0v) is 9.65. The Morgan fingerprint density at radius 1 is 1.29 bits per heavy atom. The highest BCUT2D eigenvalue weighted by atomic mass is 16.2. The predicted molar refractivity (Wildman–Crippen MR) is 62.1 cm³/mol. The molecule has 0 aliphatic carbocycles. The van der Waals surface area contributed by atoms with Crippen molar-refractivity contribution in [2.24, 2.45) is 5.73 Å². The van der Waals surface area contributed by atoms with Gasteiger partial charge in [0.2, 0.25) is 5.91 Å². The van der Waals surface area contributed by atoms with Gasteiger partial charge < -0.3 is 11.1 Å². The summed E-state index contributed by atoms with van der Waals surface area (Å²) in [6.07, 6.45) is 0. The lowest BCUT2D eigenvalue weighted by Crippen LogP contribution is -2.42. The van der Waals surface area contributed by atoms with Gasteiger partial charge in [-0.05, 0) is 26.0 Å². The van der Waals surface area contributed by atoms with Crippen LogP contribution in [-0.4, -0.2) is 17.4 Å². The number of nitrogens with one attached hydrogen (secondary N) is 1. The van der Waals surface area contributed by atoms with Crippen molar-refractivity contribution in [2.75, 3.05) is 0 Å². The van der Waals surface area contributed by atoms with Gasteiger partial charge in [-0.3, -0.25) is 9.59 Å². The first kappa shape index (κ1) is 12.7. The SMILES string of the molecule is CC(C)(C#N)NC(=O)c1ccccc1C(N)=O. The summed E-state index contributed by atoms with van der Waals surface area (Å²) in [7, 11) is 0. The van der Waals surface area contributed by atoms with Crippen molar-refractivity contribution in [2.45, 2.75) is 19.4 Å². The number of primary amides is 1. The summed E-state index contributed by atoms with van der Waals surface area (Å²) in [4.78, 5) is 23.0. The quantitative estimate of drug-likeness (QED) is 0.805. The van der Waals surface area contributed by atoms with E-state index in [2.05, 4.69) is 5.32 Å². The van der Waals surface area contributed by atoms with E-state index in [1.807, 2.05) is 6.07 Å². The minimum atomic E-state index is -0.998. The van der Waals surface area contributed by atoms with Crippen molar-refractivity contribution >= 4 is 11.8 Å². The van der Waals surface area contributed by atoms with E-state index in [0.29, 0.717) is 0 Å². The van der Waals surface area contributed by atoms with Gasteiger partial charge in [0.25, 0.3) is 5.91 Å². The zero-order valence-electron chi connectivity index (χ0n) is 9.65. The predicted octanol–water partition coefficient (Wildman–Crippen LogP) is 0.817. The van der Waals surface area contributed by atoms with Crippen LogP contribution < -0.4 is 11.1 Å². The summed E-state index contributed by atoms with van der Waals surface area (Å²) in [5.41, 5.74) is 4.47. The summed E-state index contributed by atoms with van der Waals surface area (Å²) in [6, 6.07) is 8.14. The molecule has 1 rings (SSSR count). The van der Waals surface area contributed by atoms with E-state index in [4.69, 9.17) is 11.0 Å². The highest BCUT2D eigenvalue weighted by Gasteiger charge is 2.22. The van der Waals surface area contributed by atoms with Crippen LogP contribution >= 0.6 is 0 Å². The topological polar surface area (TPSA) is 96.0 Å². The lowest BCUT2D eigenvalue weighted by Gasteiger charge is -2.18. The van der Waals surface area contributed by atoms with Crippen LogP contribution in [0.25, 0.3) is 0 Å². The van der Waals surface area contributed by atoms with Crippen LogP contribution in [-0.2, 0) is 0 Å². The molecule has 0 radical (unpaired) electrons. The number of benzene rings is 1. The van der Waals surface area contributed by atoms with E-state index in [0.717, 1.165) is 0 Å². The molecule has 0 aliphatic rings. The summed E-state index contributed by atoms with van der Waals surface area (Å²) >= 11 is 0. The number of hydrogen-bond donors (Lipinski definition) is 2. The Balaban J connectivity index is 3.06. The normalized spacial score (nSPS) is 10.4. The second kappa shape index (κ2) is 4.66. The van der Waals surface area contributed by atoms with Crippen molar-refractivity contribution in [3.05, 3.63) is 35.4 Å². The van der Waals surface area contributed by atoms with Gasteiger partial charge in [-0.25, -0.2) is 0 Å². The molecule has 0 fully saturated rings. The third-order valence-corrected chi connectivity index (χ3v) is 2.14. The van der Waals surface area contributed by atoms with Crippen molar-refractivity contribution in [3.63, 3.8) is 0 Å². The molecule has 0 aliphatic heterocycles. The van der Waals surface area contributed by atoms with Crippen LogP contribution in [0.4, 0.5) is 0 Å². The molecule has 17 heavy (non-hydrogen) atoms. The van der Waals surface area contributed by atoms with E-state index in [-0.39, 0.29) is 11.1 Å². The highest BCUT2D eigenvalue weighted by Crippen LogP contribution is 2.10. The summed E-state index contributed by atoms with van der Waals surface area (Å²) in [5, 5.41) is 11.3. The minimum absolute atomic E-state index is 0.138. The minimum Gasteiger partial charge on any atom is -0.366 e. The summed E-state index contributed by atoms with van der Waals surface area (Å²) < 4.78 is 0. The van der Waals surface area contributed by atoms with Crippen molar-refractivity contribution in [1.29, 1.82) is 5.26 Å². The summed E-state index contributed by atoms with van der Waals surface area (Å²) in [5.74, 6) is -1.17.